The molecule has 0 radical (unpaired) electrons. The molecule has 1 aliphatic carbocycles. The van der Waals surface area contributed by atoms with Crippen molar-refractivity contribution in [2.24, 2.45) is 0 Å². The average molecular weight is 403 g/mol. The van der Waals surface area contributed by atoms with Crippen molar-refractivity contribution < 1.29 is 0 Å². The molecule has 0 aliphatic heterocycles. The Hall–Kier alpha value is -2.14. The highest BCUT2D eigenvalue weighted by Crippen LogP contribution is 2.39. The molecule has 0 spiro atoms. The van der Waals surface area contributed by atoms with Crippen LogP contribution in [-0.4, -0.2) is 0 Å². The lowest BCUT2D eigenvalue weighted by Gasteiger charge is -2.24. The summed E-state index contributed by atoms with van der Waals surface area (Å²) in [5.41, 5.74) is 2.64. The number of hydrogen-bond acceptors (Lipinski definition) is 0. The molecule has 1 aliphatic rings. The lowest BCUT2D eigenvalue weighted by molar-refractivity contribution is 0.976. The highest BCUT2D eigenvalue weighted by molar-refractivity contribution is 7.80. The summed E-state index contributed by atoms with van der Waals surface area (Å²) in [5, 5.41) is 4.94. The monoisotopic (exact) mass is 402 g/mol. The fourth-order valence-electron chi connectivity index (χ4n) is 3.76. The minimum atomic E-state index is -0.666. The number of benzene rings is 3. The Labute approximate surface area is 174 Å². The smallest absolute Gasteiger partial charge is 0.0487 e. The molecule has 0 atom stereocenters. The summed E-state index contributed by atoms with van der Waals surface area (Å²) >= 11 is 6.83. The van der Waals surface area contributed by atoms with Crippen molar-refractivity contribution in [2.75, 3.05) is 0 Å². The molecule has 0 saturated heterocycles. The van der Waals surface area contributed by atoms with Crippen LogP contribution >= 0.6 is 19.5 Å². The van der Waals surface area contributed by atoms with Crippen LogP contribution in [0.1, 0.15) is 31.2 Å². The summed E-state index contributed by atoms with van der Waals surface area (Å²) in [6.07, 6.45) is 11.3. The first-order chi connectivity index (χ1) is 13.8. The van der Waals surface area contributed by atoms with Crippen molar-refractivity contribution in [1.82, 2.24) is 0 Å². The second-order valence-electron chi connectivity index (χ2n) is 6.96. The molecule has 0 fully saturated rings. The molecule has 0 saturated carbocycles. The van der Waals surface area contributed by atoms with Crippen molar-refractivity contribution in [3.05, 3.63) is 108 Å². The highest BCUT2D eigenvalue weighted by Gasteiger charge is 2.22. The van der Waals surface area contributed by atoms with Gasteiger partial charge in [0, 0.05) is 10.6 Å². The third kappa shape index (κ3) is 4.30. The fraction of sp³-hybridized carbons (Fsp3) is 0.154. The summed E-state index contributed by atoms with van der Waals surface area (Å²) in [7, 11) is -0.666. The van der Waals surface area contributed by atoms with Gasteiger partial charge in [-0.15, -0.1) is 0 Å². The first-order valence-electron chi connectivity index (χ1n) is 9.88. The van der Waals surface area contributed by atoms with Crippen LogP contribution < -0.4 is 15.9 Å². The van der Waals surface area contributed by atoms with Crippen LogP contribution in [0.3, 0.4) is 0 Å². The van der Waals surface area contributed by atoms with E-state index in [0.29, 0.717) is 0 Å². The van der Waals surface area contributed by atoms with E-state index >= 15 is 0 Å². The molecular weight excluding hydrogens is 379 g/mol. The standard InChI is InChI=1S/C26H24ClP/c27-24-19-12-20-25(26(24)21-13-6-2-1-3-7-14-21)28(22-15-8-4-9-16-22)23-17-10-5-11-18-23/h1-2,4-5,8-12,14-20H,3,6-7,13H2. The zero-order valence-corrected chi connectivity index (χ0v) is 17.5. The number of rotatable bonds is 4. The Morgan fingerprint density at radius 1 is 0.643 bits per heavy atom. The van der Waals surface area contributed by atoms with E-state index in [1.807, 2.05) is 6.07 Å². The number of halogens is 1. The highest BCUT2D eigenvalue weighted by atomic mass is 35.5. The summed E-state index contributed by atoms with van der Waals surface area (Å²) in [4.78, 5) is 0. The second kappa shape index (κ2) is 9.37. The minimum Gasteiger partial charge on any atom is -0.0882 e. The van der Waals surface area contributed by atoms with Gasteiger partial charge < -0.3 is 0 Å². The van der Waals surface area contributed by atoms with Gasteiger partial charge in [-0.3, -0.25) is 0 Å². The van der Waals surface area contributed by atoms with Gasteiger partial charge in [-0.1, -0.05) is 103 Å². The first-order valence-corrected chi connectivity index (χ1v) is 11.6. The summed E-state index contributed by atoms with van der Waals surface area (Å²) in [6.45, 7) is 0. The van der Waals surface area contributed by atoms with Gasteiger partial charge in [0.2, 0.25) is 0 Å². The molecule has 4 rings (SSSR count). The Bertz CT molecular complexity index is 934. The molecule has 3 aromatic rings. The predicted octanol–water partition coefficient (Wildman–Crippen LogP) is 6.61. The number of hydrogen-bond donors (Lipinski definition) is 0. The maximum absolute atomic E-state index is 6.83. The van der Waals surface area contributed by atoms with Crippen LogP contribution in [0.15, 0.2) is 97.1 Å². The van der Waals surface area contributed by atoms with E-state index in [9.17, 15) is 0 Å². The van der Waals surface area contributed by atoms with E-state index in [1.165, 1.54) is 27.1 Å². The zero-order valence-electron chi connectivity index (χ0n) is 15.9. The molecule has 0 bridgehead atoms. The molecule has 3 aromatic carbocycles. The van der Waals surface area contributed by atoms with Gasteiger partial charge in [-0.2, -0.15) is 0 Å². The fourth-order valence-corrected chi connectivity index (χ4v) is 6.64. The van der Waals surface area contributed by atoms with E-state index in [4.69, 9.17) is 11.6 Å². The van der Waals surface area contributed by atoms with Crippen molar-refractivity contribution in [2.45, 2.75) is 25.7 Å². The van der Waals surface area contributed by atoms with Gasteiger partial charge in [-0.25, -0.2) is 0 Å². The van der Waals surface area contributed by atoms with Crippen molar-refractivity contribution in [3.63, 3.8) is 0 Å². The third-order valence-electron chi connectivity index (χ3n) is 5.05. The van der Waals surface area contributed by atoms with Gasteiger partial charge in [0.15, 0.2) is 0 Å². The van der Waals surface area contributed by atoms with Crippen LogP contribution in [-0.2, 0) is 0 Å². The quantitative estimate of drug-likeness (QED) is 0.340. The Morgan fingerprint density at radius 3 is 1.96 bits per heavy atom. The van der Waals surface area contributed by atoms with E-state index < -0.39 is 7.92 Å². The minimum absolute atomic E-state index is 0.666. The van der Waals surface area contributed by atoms with E-state index in [2.05, 4.69) is 91.0 Å². The third-order valence-corrected chi connectivity index (χ3v) is 7.85. The van der Waals surface area contributed by atoms with Crippen molar-refractivity contribution in [3.8, 4) is 0 Å². The van der Waals surface area contributed by atoms with Crippen LogP contribution in [0.4, 0.5) is 0 Å². The molecular formula is C26H24ClP. The largest absolute Gasteiger partial charge is 0.0882 e. The summed E-state index contributed by atoms with van der Waals surface area (Å²) in [5.74, 6) is 0. The second-order valence-corrected chi connectivity index (χ2v) is 9.55. The molecule has 2 heteroatoms. The van der Waals surface area contributed by atoms with Crippen molar-refractivity contribution >= 4 is 41.0 Å². The maximum Gasteiger partial charge on any atom is 0.0487 e. The molecule has 140 valence electrons. The average Bonchev–Trinajstić information content (AvgIpc) is 2.71. The molecule has 0 nitrogen and oxygen atoms in total. The van der Waals surface area contributed by atoms with Gasteiger partial charge in [0.1, 0.15) is 0 Å². The maximum atomic E-state index is 6.83. The van der Waals surface area contributed by atoms with E-state index in [1.54, 1.807) is 0 Å². The summed E-state index contributed by atoms with van der Waals surface area (Å²) in [6, 6.07) is 28.1. The van der Waals surface area contributed by atoms with Crippen LogP contribution in [0.2, 0.25) is 5.02 Å². The van der Waals surface area contributed by atoms with Gasteiger partial charge in [0.05, 0.1) is 0 Å². The van der Waals surface area contributed by atoms with Crippen LogP contribution in [0.5, 0.6) is 0 Å². The normalized spacial score (nSPS) is 14.4. The van der Waals surface area contributed by atoms with Gasteiger partial charge in [-0.05, 0) is 61.2 Å². The predicted molar refractivity (Wildman–Crippen MR) is 126 cm³/mol. The Balaban J connectivity index is 1.89. The van der Waals surface area contributed by atoms with E-state index in [-0.39, 0.29) is 0 Å². The van der Waals surface area contributed by atoms with E-state index in [0.717, 1.165) is 30.7 Å². The topological polar surface area (TPSA) is 0 Å². The molecule has 0 amide bonds. The molecule has 0 aromatic heterocycles. The molecule has 0 heterocycles. The van der Waals surface area contributed by atoms with Gasteiger partial charge in [0.25, 0.3) is 0 Å². The van der Waals surface area contributed by atoms with Gasteiger partial charge >= 0.3 is 0 Å². The lowest BCUT2D eigenvalue weighted by Crippen LogP contribution is -2.23. The zero-order chi connectivity index (χ0) is 19.2. The molecule has 28 heavy (non-hydrogen) atoms. The van der Waals surface area contributed by atoms with Crippen LogP contribution in [0.25, 0.3) is 5.57 Å². The summed E-state index contributed by atoms with van der Waals surface area (Å²) < 4.78 is 0. The SMILES string of the molecule is Clc1cccc(P(c2ccccc2)c2ccccc2)c1C1=CCCC=CCC1. The first kappa shape index (κ1) is 19.2. The van der Waals surface area contributed by atoms with Crippen molar-refractivity contribution in [1.29, 1.82) is 0 Å². The number of allylic oxidation sites excluding steroid dienone is 4. The lowest BCUT2D eigenvalue weighted by atomic mass is 9.97. The Morgan fingerprint density at radius 2 is 1.29 bits per heavy atom. The molecule has 0 unspecified atom stereocenters. The molecule has 0 N–H and O–H groups in total. The van der Waals surface area contributed by atoms with Crippen LogP contribution in [0, 0.1) is 0 Å². The Kier molecular flexibility index (Phi) is 6.42.